The highest BCUT2D eigenvalue weighted by Gasteiger charge is 2.38. The van der Waals surface area contributed by atoms with Crippen molar-refractivity contribution in [3.8, 4) is 0 Å². The van der Waals surface area contributed by atoms with Crippen LogP contribution in [0, 0.1) is 0 Å². The second kappa shape index (κ2) is 10.3. The molecular weight excluding hydrogens is 322 g/mol. The van der Waals surface area contributed by atoms with Gasteiger partial charge in [0.05, 0.1) is 0 Å². The standard InChI is InChI=1S/C17H27N5O3/c1-3-7-14(23)21-17(10-4-2,15(18)24)22-16(25)20-12-9-13-8-5-6-11-19-13/h5-6,8,11H,3-4,7,9-10,12H2,1-2H3,(H2,18,24)(H,21,23)(H2,20,22,25). The molecule has 1 rings (SSSR count). The van der Waals surface area contributed by atoms with Gasteiger partial charge in [0.2, 0.25) is 5.91 Å². The molecule has 8 nitrogen and oxygen atoms in total. The molecule has 0 fully saturated rings. The number of carbonyl (C=O) groups excluding carboxylic acids is 3. The Bertz CT molecular complexity index is 579. The van der Waals surface area contributed by atoms with Crippen molar-refractivity contribution in [2.24, 2.45) is 5.73 Å². The smallest absolute Gasteiger partial charge is 0.317 e. The van der Waals surface area contributed by atoms with Gasteiger partial charge in [-0.3, -0.25) is 14.6 Å². The van der Waals surface area contributed by atoms with E-state index in [0.717, 1.165) is 5.69 Å². The van der Waals surface area contributed by atoms with Gasteiger partial charge in [0, 0.05) is 31.3 Å². The van der Waals surface area contributed by atoms with Crippen LogP contribution in [0.2, 0.25) is 0 Å². The maximum atomic E-state index is 12.2. The zero-order valence-electron chi connectivity index (χ0n) is 14.8. The third-order valence-corrected chi connectivity index (χ3v) is 3.60. The molecule has 0 saturated heterocycles. The van der Waals surface area contributed by atoms with Crippen LogP contribution >= 0.6 is 0 Å². The van der Waals surface area contributed by atoms with Gasteiger partial charge in [-0.2, -0.15) is 0 Å². The summed E-state index contributed by atoms with van der Waals surface area (Å²) in [6.07, 6.45) is 3.88. The van der Waals surface area contributed by atoms with Crippen molar-refractivity contribution in [3.63, 3.8) is 0 Å². The van der Waals surface area contributed by atoms with Gasteiger partial charge in [-0.05, 0) is 25.0 Å². The zero-order valence-corrected chi connectivity index (χ0v) is 14.8. The monoisotopic (exact) mass is 349 g/mol. The van der Waals surface area contributed by atoms with Crippen molar-refractivity contribution in [2.45, 2.75) is 51.6 Å². The van der Waals surface area contributed by atoms with Crippen LogP contribution < -0.4 is 21.7 Å². The van der Waals surface area contributed by atoms with Gasteiger partial charge in [0.15, 0.2) is 5.66 Å². The average Bonchev–Trinajstić information content (AvgIpc) is 2.56. The van der Waals surface area contributed by atoms with Gasteiger partial charge in [-0.15, -0.1) is 0 Å². The number of amides is 4. The van der Waals surface area contributed by atoms with Gasteiger partial charge < -0.3 is 21.7 Å². The predicted molar refractivity (Wildman–Crippen MR) is 94.4 cm³/mol. The van der Waals surface area contributed by atoms with Gasteiger partial charge in [0.25, 0.3) is 5.91 Å². The minimum atomic E-state index is -1.59. The number of nitrogens with one attached hydrogen (secondary N) is 3. The molecule has 8 heteroatoms. The summed E-state index contributed by atoms with van der Waals surface area (Å²) < 4.78 is 0. The molecule has 0 aliphatic heterocycles. The lowest BCUT2D eigenvalue weighted by Crippen LogP contribution is -2.69. The maximum absolute atomic E-state index is 12.2. The topological polar surface area (TPSA) is 126 Å². The molecule has 4 amide bonds. The minimum absolute atomic E-state index is 0.214. The van der Waals surface area contributed by atoms with E-state index in [-0.39, 0.29) is 18.7 Å². The van der Waals surface area contributed by atoms with E-state index in [1.807, 2.05) is 32.0 Å². The van der Waals surface area contributed by atoms with Crippen molar-refractivity contribution in [2.75, 3.05) is 6.54 Å². The first-order chi connectivity index (χ1) is 11.9. The van der Waals surface area contributed by atoms with Crippen LogP contribution in [0.3, 0.4) is 0 Å². The highest BCUT2D eigenvalue weighted by Crippen LogP contribution is 2.10. The lowest BCUT2D eigenvalue weighted by atomic mass is 10.0. The molecule has 0 aliphatic rings. The van der Waals surface area contributed by atoms with Crippen molar-refractivity contribution < 1.29 is 14.4 Å². The number of urea groups is 1. The lowest BCUT2D eigenvalue weighted by Gasteiger charge is -2.32. The van der Waals surface area contributed by atoms with E-state index in [2.05, 4.69) is 20.9 Å². The van der Waals surface area contributed by atoms with E-state index >= 15 is 0 Å². The minimum Gasteiger partial charge on any atom is -0.366 e. The zero-order chi connectivity index (χ0) is 18.7. The van der Waals surface area contributed by atoms with Crippen LogP contribution in [0.25, 0.3) is 0 Å². The van der Waals surface area contributed by atoms with Gasteiger partial charge in [-0.1, -0.05) is 26.3 Å². The lowest BCUT2D eigenvalue weighted by molar-refractivity contribution is -0.132. The average molecular weight is 349 g/mol. The molecule has 0 aliphatic carbocycles. The molecule has 0 radical (unpaired) electrons. The first kappa shape index (κ1) is 20.4. The summed E-state index contributed by atoms with van der Waals surface area (Å²) in [5.41, 5.74) is 4.72. The Labute approximate surface area is 148 Å². The molecule has 0 spiro atoms. The predicted octanol–water partition coefficient (Wildman–Crippen LogP) is 0.821. The molecule has 1 atom stereocenters. The van der Waals surface area contributed by atoms with Crippen molar-refractivity contribution in [1.82, 2.24) is 20.9 Å². The summed E-state index contributed by atoms with van der Waals surface area (Å²) in [4.78, 5) is 40.2. The van der Waals surface area contributed by atoms with E-state index in [9.17, 15) is 14.4 Å². The summed E-state index contributed by atoms with van der Waals surface area (Å²) in [5, 5.41) is 7.76. The van der Waals surface area contributed by atoms with E-state index in [1.165, 1.54) is 0 Å². The fourth-order valence-corrected chi connectivity index (χ4v) is 2.39. The molecule has 1 unspecified atom stereocenters. The Kier molecular flexibility index (Phi) is 8.38. The second-order valence-corrected chi connectivity index (χ2v) is 5.77. The van der Waals surface area contributed by atoms with E-state index in [0.29, 0.717) is 25.8 Å². The number of primary amides is 1. The van der Waals surface area contributed by atoms with E-state index in [1.54, 1.807) is 6.20 Å². The fourth-order valence-electron chi connectivity index (χ4n) is 2.39. The number of nitrogens with two attached hydrogens (primary N) is 1. The molecule has 0 bridgehead atoms. The largest absolute Gasteiger partial charge is 0.366 e. The summed E-state index contributed by atoms with van der Waals surface area (Å²) in [6, 6.07) is 4.97. The number of hydrogen-bond donors (Lipinski definition) is 4. The van der Waals surface area contributed by atoms with Crippen molar-refractivity contribution in [1.29, 1.82) is 0 Å². The second-order valence-electron chi connectivity index (χ2n) is 5.77. The summed E-state index contributed by atoms with van der Waals surface area (Å²) in [6.45, 7) is 4.03. The molecule has 0 aromatic carbocycles. The Hall–Kier alpha value is -2.64. The number of hydrogen-bond acceptors (Lipinski definition) is 4. The van der Waals surface area contributed by atoms with Crippen molar-refractivity contribution >= 4 is 17.8 Å². The van der Waals surface area contributed by atoms with E-state index in [4.69, 9.17) is 5.73 Å². The van der Waals surface area contributed by atoms with Gasteiger partial charge in [-0.25, -0.2) is 4.79 Å². The molecule has 1 heterocycles. The normalized spacial score (nSPS) is 12.7. The maximum Gasteiger partial charge on any atom is 0.317 e. The molecule has 1 aromatic heterocycles. The summed E-state index contributed by atoms with van der Waals surface area (Å²) in [7, 11) is 0. The molecule has 25 heavy (non-hydrogen) atoms. The first-order valence-electron chi connectivity index (χ1n) is 8.50. The number of rotatable bonds is 10. The Morgan fingerprint density at radius 3 is 2.48 bits per heavy atom. The summed E-state index contributed by atoms with van der Waals surface area (Å²) >= 11 is 0. The quantitative estimate of drug-likeness (QED) is 0.466. The third kappa shape index (κ3) is 6.78. The molecule has 0 saturated carbocycles. The Balaban J connectivity index is 2.66. The molecule has 5 N–H and O–H groups in total. The molecule has 1 aromatic rings. The highest BCUT2D eigenvalue weighted by atomic mass is 16.2. The number of aromatic nitrogens is 1. The van der Waals surface area contributed by atoms with Crippen LogP contribution in [0.1, 0.15) is 45.2 Å². The third-order valence-electron chi connectivity index (χ3n) is 3.60. The van der Waals surface area contributed by atoms with Gasteiger partial charge in [0.1, 0.15) is 0 Å². The number of carbonyl (C=O) groups is 3. The van der Waals surface area contributed by atoms with Crippen LogP contribution in [0.5, 0.6) is 0 Å². The number of nitrogens with zero attached hydrogens (tertiary/aromatic N) is 1. The van der Waals surface area contributed by atoms with Gasteiger partial charge >= 0.3 is 6.03 Å². The van der Waals surface area contributed by atoms with Crippen LogP contribution in [0.15, 0.2) is 24.4 Å². The Morgan fingerprint density at radius 2 is 1.92 bits per heavy atom. The summed E-state index contributed by atoms with van der Waals surface area (Å²) in [5.74, 6) is -1.12. The van der Waals surface area contributed by atoms with Crippen LogP contribution in [0.4, 0.5) is 4.79 Å². The SMILES string of the molecule is CCCC(=O)NC(CCC)(NC(=O)NCCc1ccccn1)C(N)=O. The van der Waals surface area contributed by atoms with Crippen LogP contribution in [-0.4, -0.2) is 35.0 Å². The van der Waals surface area contributed by atoms with Crippen molar-refractivity contribution in [3.05, 3.63) is 30.1 Å². The fraction of sp³-hybridized carbons (Fsp3) is 0.529. The molecular formula is C17H27N5O3. The van der Waals surface area contributed by atoms with Crippen LogP contribution in [-0.2, 0) is 16.0 Å². The highest BCUT2D eigenvalue weighted by molar-refractivity contribution is 5.93. The Morgan fingerprint density at radius 1 is 1.16 bits per heavy atom. The van der Waals surface area contributed by atoms with E-state index < -0.39 is 17.6 Å². The number of pyridine rings is 1. The first-order valence-corrected chi connectivity index (χ1v) is 8.50. The molecule has 138 valence electrons.